The molecule has 2 N–H and O–H groups in total. The van der Waals surface area contributed by atoms with E-state index in [9.17, 15) is 19.8 Å². The van der Waals surface area contributed by atoms with Gasteiger partial charge in [0.05, 0.1) is 28.2 Å². The Balaban J connectivity index is 1.40. The highest BCUT2D eigenvalue weighted by Gasteiger charge is 2.74. The summed E-state index contributed by atoms with van der Waals surface area (Å²) in [6, 6.07) is 9.82. The molecule has 2 amide bonds. The third-order valence-corrected chi connectivity index (χ3v) is 9.06. The van der Waals surface area contributed by atoms with Crippen molar-refractivity contribution >= 4 is 11.8 Å². The highest BCUT2D eigenvalue weighted by molar-refractivity contribution is 6.21. The fourth-order valence-corrected chi connectivity index (χ4v) is 7.76. The summed E-state index contributed by atoms with van der Waals surface area (Å²) in [5, 5.41) is 23.2. The van der Waals surface area contributed by atoms with Crippen molar-refractivity contribution in [2.45, 2.75) is 54.9 Å². The third kappa shape index (κ3) is 2.11. The zero-order chi connectivity index (χ0) is 23.4. The van der Waals surface area contributed by atoms with Gasteiger partial charge in [0.2, 0.25) is 0 Å². The van der Waals surface area contributed by atoms with E-state index in [4.69, 9.17) is 4.74 Å². The number of rotatable bonds is 3. The van der Waals surface area contributed by atoms with Crippen molar-refractivity contribution in [3.8, 4) is 11.5 Å². The summed E-state index contributed by atoms with van der Waals surface area (Å²) in [4.78, 5) is 30.4. The number of benzene rings is 2. The van der Waals surface area contributed by atoms with Crippen LogP contribution in [0.4, 0.5) is 0 Å². The molecule has 5 aliphatic rings. The molecule has 1 saturated heterocycles. The monoisotopic (exact) mass is 458 g/mol. The topological polar surface area (TPSA) is 90.3 Å². The lowest BCUT2D eigenvalue weighted by Crippen LogP contribution is -2.78. The predicted octanol–water partition coefficient (Wildman–Crippen LogP) is 2.40. The SMILES string of the molecule is C=CCN1CC[C@]23c4c5ccc(O)c4O[C@H]2[C@@H](N2C(=O)c4ccccc4C2=O)CC[C@@]3(O)[C@H]1C5. The van der Waals surface area contributed by atoms with Gasteiger partial charge in [0.15, 0.2) is 11.5 Å². The number of carbonyl (C=O) groups excluding carboxylic acids is 2. The van der Waals surface area contributed by atoms with Crippen molar-refractivity contribution in [3.63, 3.8) is 0 Å². The number of phenolic OH excluding ortho intramolecular Hbond substituents is 1. The zero-order valence-electron chi connectivity index (χ0n) is 18.7. The molecule has 2 aliphatic carbocycles. The van der Waals surface area contributed by atoms with Crippen LogP contribution in [-0.4, -0.2) is 68.7 Å². The van der Waals surface area contributed by atoms with Gasteiger partial charge in [0.1, 0.15) is 6.10 Å². The van der Waals surface area contributed by atoms with Gasteiger partial charge in [-0.2, -0.15) is 0 Å². The second-order valence-corrected chi connectivity index (χ2v) is 10.3. The molecular formula is C27H26N2O5. The smallest absolute Gasteiger partial charge is 0.261 e. The van der Waals surface area contributed by atoms with Crippen molar-refractivity contribution in [1.29, 1.82) is 0 Å². The van der Waals surface area contributed by atoms with Crippen LogP contribution in [0, 0.1) is 0 Å². The molecular weight excluding hydrogens is 432 g/mol. The first kappa shape index (κ1) is 20.2. The number of amides is 2. The molecule has 2 bridgehead atoms. The quantitative estimate of drug-likeness (QED) is 0.542. The van der Waals surface area contributed by atoms with Gasteiger partial charge in [0, 0.05) is 18.2 Å². The minimum Gasteiger partial charge on any atom is -0.504 e. The number of nitrogens with zero attached hydrogens (tertiary/aromatic N) is 2. The normalized spacial score (nSPS) is 35.1. The molecule has 7 heteroatoms. The van der Waals surface area contributed by atoms with E-state index in [0.717, 1.165) is 17.7 Å². The van der Waals surface area contributed by atoms with Gasteiger partial charge in [-0.05, 0) is 56.0 Å². The Morgan fingerprint density at radius 1 is 1.12 bits per heavy atom. The minimum absolute atomic E-state index is 0.0398. The molecule has 0 unspecified atom stereocenters. The number of aromatic hydroxyl groups is 1. The van der Waals surface area contributed by atoms with E-state index in [1.807, 2.05) is 12.1 Å². The Morgan fingerprint density at radius 2 is 1.85 bits per heavy atom. The van der Waals surface area contributed by atoms with E-state index in [1.165, 1.54) is 4.90 Å². The molecule has 174 valence electrons. The minimum atomic E-state index is -1.10. The predicted molar refractivity (Wildman–Crippen MR) is 123 cm³/mol. The molecule has 3 aliphatic heterocycles. The van der Waals surface area contributed by atoms with Crippen LogP contribution in [-0.2, 0) is 11.8 Å². The summed E-state index contributed by atoms with van der Waals surface area (Å²) in [7, 11) is 0. The Morgan fingerprint density at radius 3 is 2.56 bits per heavy atom. The number of ether oxygens (including phenoxy) is 1. The molecule has 3 heterocycles. The van der Waals surface area contributed by atoms with Crippen LogP contribution in [0.5, 0.6) is 11.5 Å². The molecule has 5 atom stereocenters. The number of likely N-dealkylation sites (tertiary alicyclic amines) is 1. The second kappa shape index (κ2) is 6.49. The highest BCUT2D eigenvalue weighted by Crippen LogP contribution is 2.66. The van der Waals surface area contributed by atoms with E-state index < -0.39 is 23.2 Å². The maximum Gasteiger partial charge on any atom is 0.261 e. The van der Waals surface area contributed by atoms with Crippen LogP contribution in [0.15, 0.2) is 49.1 Å². The number of fused-ring (bicyclic) bond motifs is 1. The second-order valence-electron chi connectivity index (χ2n) is 10.3. The van der Waals surface area contributed by atoms with Crippen LogP contribution in [0.1, 0.15) is 51.1 Å². The van der Waals surface area contributed by atoms with Crippen molar-refractivity contribution in [3.05, 3.63) is 71.3 Å². The summed E-state index contributed by atoms with van der Waals surface area (Å²) in [6.07, 6.45) is 3.40. The molecule has 7 rings (SSSR count). The van der Waals surface area contributed by atoms with Gasteiger partial charge in [-0.3, -0.25) is 19.4 Å². The standard InChI is InChI=1S/C27H26N2O5/c1-2-12-28-13-11-26-21-15-7-8-19(30)22(21)34-23(26)18(9-10-27(26,33)20(28)14-15)29-24(31)16-5-3-4-6-17(16)25(29)32/h2-8,18,20,23,30,33H,1,9-14H2/t18-,20+,23-,26-,27+/m0/s1. The van der Waals surface area contributed by atoms with Gasteiger partial charge in [-0.15, -0.1) is 6.58 Å². The van der Waals surface area contributed by atoms with Gasteiger partial charge in [-0.1, -0.05) is 24.3 Å². The van der Waals surface area contributed by atoms with Gasteiger partial charge < -0.3 is 14.9 Å². The summed E-state index contributed by atoms with van der Waals surface area (Å²) in [5.41, 5.74) is 0.854. The van der Waals surface area contributed by atoms with E-state index in [0.29, 0.717) is 49.1 Å². The number of hydrogen-bond donors (Lipinski definition) is 2. The first-order chi connectivity index (χ1) is 16.4. The van der Waals surface area contributed by atoms with Gasteiger partial charge in [-0.25, -0.2) is 0 Å². The highest BCUT2D eigenvalue weighted by atomic mass is 16.5. The van der Waals surface area contributed by atoms with Crippen LogP contribution in [0.2, 0.25) is 0 Å². The number of imide groups is 1. The third-order valence-electron chi connectivity index (χ3n) is 9.06. The maximum absolute atomic E-state index is 13.4. The summed E-state index contributed by atoms with van der Waals surface area (Å²) in [5.74, 6) is -0.182. The molecule has 2 fully saturated rings. The number of aliphatic hydroxyl groups is 1. The van der Waals surface area contributed by atoms with Gasteiger partial charge in [0.25, 0.3) is 11.8 Å². The van der Waals surface area contributed by atoms with Crippen LogP contribution in [0.3, 0.4) is 0 Å². The van der Waals surface area contributed by atoms with Crippen LogP contribution >= 0.6 is 0 Å². The summed E-state index contributed by atoms with van der Waals surface area (Å²) >= 11 is 0. The van der Waals surface area contributed by atoms with Crippen molar-refractivity contribution in [1.82, 2.24) is 9.80 Å². The zero-order valence-corrected chi connectivity index (χ0v) is 18.7. The number of phenols is 1. The fraction of sp³-hybridized carbons (Fsp3) is 0.407. The van der Waals surface area contributed by atoms with Crippen molar-refractivity contribution in [2.75, 3.05) is 13.1 Å². The molecule has 7 nitrogen and oxygen atoms in total. The molecule has 0 aromatic heterocycles. The average molecular weight is 459 g/mol. The molecule has 1 saturated carbocycles. The summed E-state index contributed by atoms with van der Waals surface area (Å²) < 4.78 is 6.50. The Hall–Kier alpha value is -3.16. The maximum atomic E-state index is 13.4. The Labute approximate surface area is 197 Å². The lowest BCUT2D eigenvalue weighted by molar-refractivity contribution is -0.194. The molecule has 2 aromatic carbocycles. The van der Waals surface area contributed by atoms with Crippen LogP contribution < -0.4 is 4.74 Å². The summed E-state index contributed by atoms with van der Waals surface area (Å²) in [6.45, 7) is 5.32. The number of piperidine rings is 1. The van der Waals surface area contributed by atoms with Gasteiger partial charge >= 0.3 is 0 Å². The average Bonchev–Trinajstić information content (AvgIpc) is 3.31. The Kier molecular flexibility index (Phi) is 3.86. The van der Waals surface area contributed by atoms with E-state index in [2.05, 4.69) is 11.5 Å². The first-order valence-corrected chi connectivity index (χ1v) is 12.0. The number of hydrogen-bond acceptors (Lipinski definition) is 6. The lowest BCUT2D eigenvalue weighted by Gasteiger charge is -2.64. The molecule has 1 spiro atoms. The van der Waals surface area contributed by atoms with E-state index in [-0.39, 0.29) is 23.6 Å². The molecule has 34 heavy (non-hydrogen) atoms. The largest absolute Gasteiger partial charge is 0.504 e. The Bertz CT molecular complexity index is 1250. The van der Waals surface area contributed by atoms with Crippen molar-refractivity contribution in [2.24, 2.45) is 0 Å². The molecule has 0 radical (unpaired) electrons. The van der Waals surface area contributed by atoms with Crippen molar-refractivity contribution < 1.29 is 24.5 Å². The van der Waals surface area contributed by atoms with E-state index in [1.54, 1.807) is 30.3 Å². The fourth-order valence-electron chi connectivity index (χ4n) is 7.76. The first-order valence-electron chi connectivity index (χ1n) is 12.0. The van der Waals surface area contributed by atoms with Crippen LogP contribution in [0.25, 0.3) is 0 Å². The van der Waals surface area contributed by atoms with E-state index >= 15 is 0 Å². The molecule has 2 aromatic rings. The lowest BCUT2D eigenvalue weighted by atomic mass is 9.48. The number of carbonyl (C=O) groups is 2.